The van der Waals surface area contributed by atoms with E-state index in [1.807, 2.05) is 12.1 Å². The van der Waals surface area contributed by atoms with Gasteiger partial charge in [0.1, 0.15) is 5.75 Å². The molecule has 82 valence electrons. The Bertz CT molecular complexity index is 486. The first-order valence-electron chi connectivity index (χ1n) is 5.69. The largest absolute Gasteiger partial charge is 0.497 e. The van der Waals surface area contributed by atoms with E-state index in [0.717, 1.165) is 18.6 Å². The van der Waals surface area contributed by atoms with Gasteiger partial charge in [0.25, 0.3) is 0 Å². The van der Waals surface area contributed by atoms with E-state index < -0.39 is 0 Å². The summed E-state index contributed by atoms with van der Waals surface area (Å²) in [6.45, 7) is 0. The molecule has 2 heteroatoms. The Morgan fingerprint density at radius 2 is 2.25 bits per heavy atom. The quantitative estimate of drug-likeness (QED) is 0.718. The maximum Gasteiger partial charge on any atom is 0.156 e. The summed E-state index contributed by atoms with van der Waals surface area (Å²) in [6.07, 6.45) is 4.61. The highest BCUT2D eigenvalue weighted by molar-refractivity contribution is 6.00. The molecule has 0 aromatic heterocycles. The van der Waals surface area contributed by atoms with E-state index >= 15 is 0 Å². The summed E-state index contributed by atoms with van der Waals surface area (Å²) >= 11 is 0. The number of hydrogen-bond acceptors (Lipinski definition) is 2. The molecule has 1 aromatic carbocycles. The molecule has 2 aliphatic rings. The average molecular weight is 214 g/mol. The fourth-order valence-electron chi connectivity index (χ4n) is 2.76. The lowest BCUT2D eigenvalue weighted by atomic mass is 9.88. The van der Waals surface area contributed by atoms with Crippen molar-refractivity contribution in [3.63, 3.8) is 0 Å². The van der Waals surface area contributed by atoms with Crippen LogP contribution in [-0.2, 0) is 11.2 Å². The SMILES string of the molecule is COc1ccc2c(c1)CC1CCC(=O)C=C21. The van der Waals surface area contributed by atoms with Crippen LogP contribution < -0.4 is 4.74 Å². The number of methoxy groups -OCH3 is 1. The molecule has 0 spiro atoms. The fraction of sp³-hybridized carbons (Fsp3) is 0.357. The van der Waals surface area contributed by atoms with E-state index in [-0.39, 0.29) is 5.78 Å². The Kier molecular flexibility index (Phi) is 2.10. The molecule has 2 aliphatic carbocycles. The molecule has 1 atom stereocenters. The molecule has 0 fully saturated rings. The Labute approximate surface area is 94.9 Å². The lowest BCUT2D eigenvalue weighted by molar-refractivity contribution is -0.115. The van der Waals surface area contributed by atoms with Crippen molar-refractivity contribution < 1.29 is 9.53 Å². The number of benzene rings is 1. The van der Waals surface area contributed by atoms with Crippen molar-refractivity contribution in [3.05, 3.63) is 35.4 Å². The number of carbonyl (C=O) groups excluding carboxylic acids is 1. The monoisotopic (exact) mass is 214 g/mol. The van der Waals surface area contributed by atoms with Gasteiger partial charge < -0.3 is 4.74 Å². The third-order valence-corrected chi connectivity index (χ3v) is 3.59. The van der Waals surface area contributed by atoms with E-state index in [2.05, 4.69) is 12.1 Å². The molecular formula is C14H14O2. The van der Waals surface area contributed by atoms with Gasteiger partial charge >= 0.3 is 0 Å². The van der Waals surface area contributed by atoms with Crippen LogP contribution in [0.2, 0.25) is 0 Å². The van der Waals surface area contributed by atoms with Gasteiger partial charge in [0, 0.05) is 6.42 Å². The minimum absolute atomic E-state index is 0.273. The van der Waals surface area contributed by atoms with Gasteiger partial charge in [0.2, 0.25) is 0 Å². The molecule has 1 aromatic rings. The maximum atomic E-state index is 11.4. The average Bonchev–Trinajstić information content (AvgIpc) is 2.66. The van der Waals surface area contributed by atoms with E-state index in [9.17, 15) is 4.79 Å². The maximum absolute atomic E-state index is 11.4. The Hall–Kier alpha value is -1.57. The van der Waals surface area contributed by atoms with E-state index in [4.69, 9.17) is 4.74 Å². The van der Waals surface area contributed by atoms with Crippen LogP contribution in [0.25, 0.3) is 5.57 Å². The summed E-state index contributed by atoms with van der Waals surface area (Å²) in [5, 5.41) is 0. The summed E-state index contributed by atoms with van der Waals surface area (Å²) in [6, 6.07) is 6.15. The Balaban J connectivity index is 2.08. The van der Waals surface area contributed by atoms with Crippen LogP contribution >= 0.6 is 0 Å². The molecule has 0 aliphatic heterocycles. The molecule has 0 heterocycles. The van der Waals surface area contributed by atoms with Crippen molar-refractivity contribution in [2.75, 3.05) is 7.11 Å². The molecule has 16 heavy (non-hydrogen) atoms. The van der Waals surface area contributed by atoms with Gasteiger partial charge in [-0.15, -0.1) is 0 Å². The number of ketones is 1. The van der Waals surface area contributed by atoms with Crippen molar-refractivity contribution in [3.8, 4) is 5.75 Å². The van der Waals surface area contributed by atoms with E-state index in [0.29, 0.717) is 12.3 Å². The van der Waals surface area contributed by atoms with Gasteiger partial charge in [-0.2, -0.15) is 0 Å². The number of carbonyl (C=O) groups is 1. The molecule has 0 saturated heterocycles. The van der Waals surface area contributed by atoms with Crippen molar-refractivity contribution >= 4 is 11.4 Å². The number of fused-ring (bicyclic) bond motifs is 3. The summed E-state index contributed by atoms with van der Waals surface area (Å²) in [5.41, 5.74) is 3.82. The van der Waals surface area contributed by atoms with Crippen molar-refractivity contribution in [1.29, 1.82) is 0 Å². The zero-order valence-corrected chi connectivity index (χ0v) is 9.32. The standard InChI is InChI=1S/C14H14O2/c1-16-12-4-5-13-10(7-12)6-9-2-3-11(15)8-14(9)13/h4-5,7-9H,2-3,6H2,1H3. The lowest BCUT2D eigenvalue weighted by Gasteiger charge is -2.15. The normalized spacial score (nSPS) is 22.4. The van der Waals surface area contributed by atoms with Crippen LogP contribution in [0.4, 0.5) is 0 Å². The van der Waals surface area contributed by atoms with Crippen LogP contribution in [-0.4, -0.2) is 12.9 Å². The zero-order valence-electron chi connectivity index (χ0n) is 9.32. The van der Waals surface area contributed by atoms with Crippen molar-refractivity contribution in [2.45, 2.75) is 19.3 Å². The van der Waals surface area contributed by atoms with Gasteiger partial charge in [-0.3, -0.25) is 4.79 Å². The van der Waals surface area contributed by atoms with E-state index in [1.165, 1.54) is 16.7 Å². The smallest absolute Gasteiger partial charge is 0.156 e. The second-order valence-corrected chi connectivity index (χ2v) is 4.53. The lowest BCUT2D eigenvalue weighted by Crippen LogP contribution is -2.09. The van der Waals surface area contributed by atoms with Gasteiger partial charge in [0.05, 0.1) is 7.11 Å². The van der Waals surface area contributed by atoms with Crippen LogP contribution in [0, 0.1) is 5.92 Å². The fourth-order valence-corrected chi connectivity index (χ4v) is 2.76. The third-order valence-electron chi connectivity index (χ3n) is 3.59. The Morgan fingerprint density at radius 3 is 3.06 bits per heavy atom. The summed E-state index contributed by atoms with van der Waals surface area (Å²) in [5.74, 6) is 1.74. The molecule has 3 rings (SSSR count). The second-order valence-electron chi connectivity index (χ2n) is 4.53. The summed E-state index contributed by atoms with van der Waals surface area (Å²) in [7, 11) is 1.69. The predicted molar refractivity (Wildman–Crippen MR) is 62.4 cm³/mol. The van der Waals surface area contributed by atoms with Crippen LogP contribution in [0.3, 0.4) is 0 Å². The molecule has 0 amide bonds. The van der Waals surface area contributed by atoms with Gasteiger partial charge in [-0.25, -0.2) is 0 Å². The molecule has 1 unspecified atom stereocenters. The summed E-state index contributed by atoms with van der Waals surface area (Å²) in [4.78, 5) is 11.4. The Morgan fingerprint density at radius 1 is 1.38 bits per heavy atom. The highest BCUT2D eigenvalue weighted by Gasteiger charge is 2.30. The van der Waals surface area contributed by atoms with Crippen molar-refractivity contribution in [1.82, 2.24) is 0 Å². The van der Waals surface area contributed by atoms with Gasteiger partial charge in [0.15, 0.2) is 5.78 Å². The van der Waals surface area contributed by atoms with Crippen LogP contribution in [0.5, 0.6) is 5.75 Å². The van der Waals surface area contributed by atoms with Crippen LogP contribution in [0.1, 0.15) is 24.0 Å². The topological polar surface area (TPSA) is 26.3 Å². The number of allylic oxidation sites excluding steroid dienone is 2. The molecule has 0 radical (unpaired) electrons. The van der Waals surface area contributed by atoms with Gasteiger partial charge in [-0.05, 0) is 53.7 Å². The van der Waals surface area contributed by atoms with E-state index in [1.54, 1.807) is 7.11 Å². The number of ether oxygens (including phenoxy) is 1. The first-order chi connectivity index (χ1) is 7.78. The molecular weight excluding hydrogens is 200 g/mol. The van der Waals surface area contributed by atoms with Gasteiger partial charge in [-0.1, -0.05) is 6.07 Å². The predicted octanol–water partition coefficient (Wildman–Crippen LogP) is 2.61. The highest BCUT2D eigenvalue weighted by Crippen LogP contribution is 2.42. The first-order valence-corrected chi connectivity index (χ1v) is 5.69. The van der Waals surface area contributed by atoms with Crippen LogP contribution in [0.15, 0.2) is 24.3 Å². The molecule has 0 saturated carbocycles. The summed E-state index contributed by atoms with van der Waals surface area (Å²) < 4.78 is 5.23. The molecule has 0 N–H and O–H groups in total. The molecule has 2 nitrogen and oxygen atoms in total. The highest BCUT2D eigenvalue weighted by atomic mass is 16.5. The third kappa shape index (κ3) is 1.37. The molecule has 0 bridgehead atoms. The second kappa shape index (κ2) is 3.48. The number of rotatable bonds is 1. The minimum Gasteiger partial charge on any atom is -0.497 e. The number of hydrogen-bond donors (Lipinski definition) is 0. The minimum atomic E-state index is 0.273. The van der Waals surface area contributed by atoms with Crippen molar-refractivity contribution in [2.24, 2.45) is 5.92 Å². The zero-order chi connectivity index (χ0) is 11.1. The first kappa shape index (κ1) is 9.64.